The van der Waals surface area contributed by atoms with Crippen LogP contribution in [-0.2, 0) is 10.0 Å². The van der Waals surface area contributed by atoms with E-state index in [4.69, 9.17) is 11.6 Å². The molecule has 0 saturated carbocycles. The first kappa shape index (κ1) is 19.1. The quantitative estimate of drug-likeness (QED) is 0.649. The van der Waals surface area contributed by atoms with Crippen molar-refractivity contribution in [3.8, 4) is 0 Å². The normalized spacial score (nSPS) is 22.9. The Morgan fingerprint density at radius 3 is 2.59 bits per heavy atom. The van der Waals surface area contributed by atoms with Crippen LogP contribution in [0, 0.1) is 10.1 Å². The summed E-state index contributed by atoms with van der Waals surface area (Å²) in [5.41, 5.74) is -0.235. The van der Waals surface area contributed by atoms with Gasteiger partial charge >= 0.3 is 0 Å². The summed E-state index contributed by atoms with van der Waals surface area (Å²) in [7, 11) is -3.78. The van der Waals surface area contributed by atoms with Gasteiger partial charge in [-0.3, -0.25) is 10.1 Å². The lowest BCUT2D eigenvalue weighted by molar-refractivity contribution is -0.384. The average molecular weight is 370 g/mol. The molecule has 10 heteroatoms. The van der Waals surface area contributed by atoms with Crippen molar-refractivity contribution in [1.29, 1.82) is 0 Å². The number of benzene rings is 1. The molecule has 124 valence electrons. The summed E-state index contributed by atoms with van der Waals surface area (Å²) >= 11 is 5.94. The number of hydrogen-bond acceptors (Lipinski definition) is 5. The maximum Gasteiger partial charge on any atom is 0.271 e. The fourth-order valence-corrected chi connectivity index (χ4v) is 4.50. The van der Waals surface area contributed by atoms with Gasteiger partial charge in [-0.25, -0.2) is 8.42 Å². The van der Waals surface area contributed by atoms with E-state index in [0.29, 0.717) is 13.1 Å². The minimum Gasteiger partial charge on any atom is -0.311 e. The van der Waals surface area contributed by atoms with Gasteiger partial charge in [-0.2, -0.15) is 4.31 Å². The highest BCUT2D eigenvalue weighted by Crippen LogP contribution is 2.30. The number of nitro benzene ring substituents is 1. The molecule has 1 aliphatic heterocycles. The molecule has 0 amide bonds. The number of sulfonamides is 1. The molecule has 2 rings (SSSR count). The fraction of sp³-hybridized carbons (Fsp3) is 0.500. The van der Waals surface area contributed by atoms with Crippen LogP contribution in [0.25, 0.3) is 0 Å². The summed E-state index contributed by atoms with van der Waals surface area (Å²) in [6.45, 7) is 4.57. The first-order chi connectivity index (χ1) is 9.73. The smallest absolute Gasteiger partial charge is 0.271 e. The molecule has 2 unspecified atom stereocenters. The van der Waals surface area contributed by atoms with Crippen LogP contribution in [-0.4, -0.2) is 42.8 Å². The average Bonchev–Trinajstić information content (AvgIpc) is 2.40. The lowest BCUT2D eigenvalue weighted by atomic mass is 10.2. The summed E-state index contributed by atoms with van der Waals surface area (Å²) in [6, 6.07) is 3.22. The Morgan fingerprint density at radius 1 is 1.41 bits per heavy atom. The molecular weight excluding hydrogens is 353 g/mol. The molecule has 1 N–H and O–H groups in total. The van der Waals surface area contributed by atoms with Crippen molar-refractivity contribution in [2.75, 3.05) is 13.1 Å². The number of halogens is 2. The van der Waals surface area contributed by atoms with Crippen LogP contribution in [0.5, 0.6) is 0 Å². The maximum atomic E-state index is 12.7. The van der Waals surface area contributed by atoms with Gasteiger partial charge in [-0.1, -0.05) is 11.6 Å². The maximum absolute atomic E-state index is 12.7. The highest BCUT2D eigenvalue weighted by molar-refractivity contribution is 7.89. The van der Waals surface area contributed by atoms with Crippen LogP contribution >= 0.6 is 24.0 Å². The Morgan fingerprint density at radius 2 is 2.05 bits per heavy atom. The Hall–Kier alpha value is -0.930. The van der Waals surface area contributed by atoms with Crippen LogP contribution in [0.1, 0.15) is 13.8 Å². The number of rotatable bonds is 3. The Balaban J connectivity index is 0.00000242. The Bertz CT molecular complexity index is 668. The third kappa shape index (κ3) is 3.69. The Labute approximate surface area is 140 Å². The van der Waals surface area contributed by atoms with E-state index >= 15 is 0 Å². The molecular formula is C12H17Cl2N3O4S. The van der Waals surface area contributed by atoms with E-state index in [1.807, 2.05) is 6.92 Å². The molecule has 1 saturated heterocycles. The molecule has 1 aromatic rings. The molecule has 0 aliphatic carbocycles. The summed E-state index contributed by atoms with van der Waals surface area (Å²) < 4.78 is 26.8. The second kappa shape index (κ2) is 7.10. The molecule has 0 aromatic heterocycles. The molecule has 0 radical (unpaired) electrons. The zero-order valence-corrected chi connectivity index (χ0v) is 14.4. The largest absolute Gasteiger partial charge is 0.311 e. The van der Waals surface area contributed by atoms with Gasteiger partial charge in [-0.05, 0) is 19.9 Å². The van der Waals surface area contributed by atoms with E-state index in [2.05, 4.69) is 5.32 Å². The Kier molecular flexibility index (Phi) is 6.17. The minimum atomic E-state index is -3.78. The minimum absolute atomic E-state index is 0. The van der Waals surface area contributed by atoms with E-state index in [0.717, 1.165) is 12.1 Å². The summed E-state index contributed by atoms with van der Waals surface area (Å²) in [4.78, 5) is 9.98. The standard InChI is InChI=1S/C12H16ClN3O4S.ClH/c1-8-7-15(9(2)6-14-8)21(19,20)12-4-3-10(16(17)18)5-11(12)13;/h3-5,8-9,14H,6-7H2,1-2H3;1H. The van der Waals surface area contributed by atoms with E-state index in [9.17, 15) is 18.5 Å². The van der Waals surface area contributed by atoms with E-state index in [-0.39, 0.29) is 40.1 Å². The lowest BCUT2D eigenvalue weighted by Crippen LogP contribution is -2.56. The number of non-ortho nitro benzene ring substituents is 1. The molecule has 0 spiro atoms. The van der Waals surface area contributed by atoms with E-state index in [1.165, 1.54) is 10.4 Å². The van der Waals surface area contributed by atoms with Gasteiger partial charge in [-0.15, -0.1) is 12.4 Å². The monoisotopic (exact) mass is 369 g/mol. The zero-order chi connectivity index (χ0) is 15.8. The number of nitro groups is 1. The van der Waals surface area contributed by atoms with E-state index in [1.54, 1.807) is 6.92 Å². The van der Waals surface area contributed by atoms with Crippen LogP contribution in [0.3, 0.4) is 0 Å². The van der Waals surface area contributed by atoms with Crippen molar-refractivity contribution in [3.05, 3.63) is 33.3 Å². The van der Waals surface area contributed by atoms with Gasteiger partial charge in [0, 0.05) is 37.3 Å². The van der Waals surface area contributed by atoms with Crippen molar-refractivity contribution in [1.82, 2.24) is 9.62 Å². The molecule has 7 nitrogen and oxygen atoms in total. The van der Waals surface area contributed by atoms with Gasteiger partial charge in [0.05, 0.1) is 9.95 Å². The second-order valence-electron chi connectivity index (χ2n) is 5.10. The van der Waals surface area contributed by atoms with Crippen LogP contribution in [0.15, 0.2) is 23.1 Å². The second-order valence-corrected chi connectivity index (χ2v) is 7.37. The summed E-state index contributed by atoms with van der Waals surface area (Å²) in [5.74, 6) is 0. The predicted octanol–water partition coefficient (Wildman–Crippen LogP) is 2.04. The fourth-order valence-electron chi connectivity index (χ4n) is 2.26. The first-order valence-corrected chi connectivity index (χ1v) is 8.24. The number of hydrogen-bond donors (Lipinski definition) is 1. The van der Waals surface area contributed by atoms with Gasteiger partial charge in [0.25, 0.3) is 5.69 Å². The van der Waals surface area contributed by atoms with Crippen molar-refractivity contribution in [3.63, 3.8) is 0 Å². The zero-order valence-electron chi connectivity index (χ0n) is 12.0. The number of piperazine rings is 1. The summed E-state index contributed by atoms with van der Waals surface area (Å²) in [6.07, 6.45) is 0. The van der Waals surface area contributed by atoms with Gasteiger partial charge in [0.15, 0.2) is 0 Å². The van der Waals surface area contributed by atoms with Gasteiger partial charge in [0.1, 0.15) is 4.90 Å². The van der Waals surface area contributed by atoms with Crippen molar-refractivity contribution < 1.29 is 13.3 Å². The van der Waals surface area contributed by atoms with Crippen molar-refractivity contribution in [2.24, 2.45) is 0 Å². The first-order valence-electron chi connectivity index (χ1n) is 6.42. The third-order valence-electron chi connectivity index (χ3n) is 3.42. The van der Waals surface area contributed by atoms with Crippen molar-refractivity contribution in [2.45, 2.75) is 30.8 Å². The van der Waals surface area contributed by atoms with Gasteiger partial charge < -0.3 is 5.32 Å². The summed E-state index contributed by atoms with van der Waals surface area (Å²) in [5, 5.41) is 13.7. The molecule has 1 heterocycles. The molecule has 1 fully saturated rings. The molecule has 1 aliphatic rings. The van der Waals surface area contributed by atoms with Gasteiger partial charge in [0.2, 0.25) is 10.0 Å². The van der Waals surface area contributed by atoms with E-state index < -0.39 is 14.9 Å². The SMILES string of the molecule is CC1CN(S(=O)(=O)c2ccc([N+](=O)[O-])cc2Cl)C(C)CN1.Cl. The highest BCUT2D eigenvalue weighted by Gasteiger charge is 2.34. The molecule has 0 bridgehead atoms. The molecule has 2 atom stereocenters. The third-order valence-corrected chi connectivity index (χ3v) is 5.88. The number of nitrogens with zero attached hydrogens (tertiary/aromatic N) is 2. The van der Waals surface area contributed by atoms with Crippen molar-refractivity contribution >= 4 is 39.7 Å². The molecule has 22 heavy (non-hydrogen) atoms. The highest BCUT2D eigenvalue weighted by atomic mass is 35.5. The predicted molar refractivity (Wildman–Crippen MR) is 86.2 cm³/mol. The number of nitrogens with one attached hydrogen (secondary N) is 1. The lowest BCUT2D eigenvalue weighted by Gasteiger charge is -2.36. The van der Waals surface area contributed by atoms with Crippen LogP contribution in [0.2, 0.25) is 5.02 Å². The molecule has 1 aromatic carbocycles. The van der Waals surface area contributed by atoms with Crippen LogP contribution in [0.4, 0.5) is 5.69 Å². The topological polar surface area (TPSA) is 92.5 Å². The van der Waals surface area contributed by atoms with Crippen LogP contribution < -0.4 is 5.32 Å².